The Balaban J connectivity index is 2.48. The second-order valence-corrected chi connectivity index (χ2v) is 7.78. The van der Waals surface area contributed by atoms with Crippen LogP contribution < -0.4 is 5.32 Å². The Labute approximate surface area is 127 Å². The van der Waals surface area contributed by atoms with Gasteiger partial charge >= 0.3 is 0 Å². The van der Waals surface area contributed by atoms with Crippen LogP contribution in [0.15, 0.2) is 0 Å². The zero-order chi connectivity index (χ0) is 15.0. The maximum absolute atomic E-state index is 3.70. The molecule has 0 spiro atoms. The maximum Gasteiger partial charge on any atom is 0.00471 e. The summed E-state index contributed by atoms with van der Waals surface area (Å²) in [7, 11) is 2.32. The summed E-state index contributed by atoms with van der Waals surface area (Å²) in [6.07, 6.45) is 8.24. The molecule has 0 aromatic heterocycles. The van der Waals surface area contributed by atoms with Crippen LogP contribution in [0.4, 0.5) is 0 Å². The lowest BCUT2D eigenvalue weighted by Gasteiger charge is -2.42. The van der Waals surface area contributed by atoms with E-state index in [1.54, 1.807) is 0 Å². The molecule has 0 atom stereocenters. The zero-order valence-electron chi connectivity index (χ0n) is 14.7. The van der Waals surface area contributed by atoms with E-state index in [1.807, 2.05) is 0 Å². The second-order valence-electron chi connectivity index (χ2n) is 7.78. The molecule has 0 heterocycles. The van der Waals surface area contributed by atoms with Crippen LogP contribution in [0.25, 0.3) is 0 Å². The number of hydrogen-bond donors (Lipinski definition) is 1. The van der Waals surface area contributed by atoms with Crippen LogP contribution in [0.3, 0.4) is 0 Å². The predicted octanol–water partition coefficient (Wildman–Crippen LogP) is 4.16. The first-order valence-corrected chi connectivity index (χ1v) is 8.86. The monoisotopic (exact) mass is 282 g/mol. The molecule has 1 aliphatic rings. The lowest BCUT2D eigenvalue weighted by Crippen LogP contribution is -2.45. The van der Waals surface area contributed by atoms with Gasteiger partial charge in [-0.05, 0) is 63.1 Å². The molecule has 1 rings (SSSR count). The maximum atomic E-state index is 3.70. The first-order valence-electron chi connectivity index (χ1n) is 8.86. The van der Waals surface area contributed by atoms with Gasteiger partial charge in [-0.1, -0.05) is 40.5 Å². The molecular formula is C18H38N2. The largest absolute Gasteiger partial charge is 0.316 e. The molecule has 2 nitrogen and oxygen atoms in total. The van der Waals surface area contributed by atoms with E-state index in [0.29, 0.717) is 5.41 Å². The van der Waals surface area contributed by atoms with Crippen molar-refractivity contribution < 1.29 is 0 Å². The van der Waals surface area contributed by atoms with E-state index < -0.39 is 0 Å². The molecule has 0 unspecified atom stereocenters. The van der Waals surface area contributed by atoms with Gasteiger partial charge in [0.05, 0.1) is 0 Å². The first kappa shape index (κ1) is 18.0. The highest BCUT2D eigenvalue weighted by molar-refractivity contribution is 4.89. The molecular weight excluding hydrogens is 244 g/mol. The number of rotatable bonds is 9. The zero-order valence-corrected chi connectivity index (χ0v) is 14.7. The minimum atomic E-state index is 0.535. The fourth-order valence-electron chi connectivity index (χ4n) is 3.43. The van der Waals surface area contributed by atoms with Gasteiger partial charge in [-0.3, -0.25) is 0 Å². The highest BCUT2D eigenvalue weighted by Crippen LogP contribution is 2.39. The third kappa shape index (κ3) is 6.58. The SMILES string of the molecule is CCCNCC1(CN(C)CCC(C)C)CCC(C)CC1. The fourth-order valence-corrected chi connectivity index (χ4v) is 3.43. The summed E-state index contributed by atoms with van der Waals surface area (Å²) in [4.78, 5) is 2.59. The van der Waals surface area contributed by atoms with Gasteiger partial charge < -0.3 is 10.2 Å². The Kier molecular flexibility index (Phi) is 8.13. The van der Waals surface area contributed by atoms with Crippen molar-refractivity contribution in [2.75, 3.05) is 33.2 Å². The van der Waals surface area contributed by atoms with E-state index in [4.69, 9.17) is 0 Å². The average molecular weight is 283 g/mol. The minimum absolute atomic E-state index is 0.535. The van der Waals surface area contributed by atoms with Crippen molar-refractivity contribution in [3.8, 4) is 0 Å². The number of nitrogens with zero attached hydrogens (tertiary/aromatic N) is 1. The predicted molar refractivity (Wildman–Crippen MR) is 90.2 cm³/mol. The van der Waals surface area contributed by atoms with E-state index in [-0.39, 0.29) is 0 Å². The molecule has 1 N–H and O–H groups in total. The molecule has 1 fully saturated rings. The highest BCUT2D eigenvalue weighted by atomic mass is 15.1. The van der Waals surface area contributed by atoms with Gasteiger partial charge in [0.25, 0.3) is 0 Å². The summed E-state index contributed by atoms with van der Waals surface area (Å²) in [6.45, 7) is 14.3. The van der Waals surface area contributed by atoms with Gasteiger partial charge in [-0.15, -0.1) is 0 Å². The molecule has 0 saturated heterocycles. The quantitative estimate of drug-likeness (QED) is 0.639. The van der Waals surface area contributed by atoms with E-state index in [0.717, 1.165) is 11.8 Å². The van der Waals surface area contributed by atoms with Crippen molar-refractivity contribution in [1.82, 2.24) is 10.2 Å². The summed E-state index contributed by atoms with van der Waals surface area (Å²) in [5.74, 6) is 1.76. The van der Waals surface area contributed by atoms with Crippen LogP contribution in [0.1, 0.15) is 66.2 Å². The van der Waals surface area contributed by atoms with Gasteiger partial charge in [0.15, 0.2) is 0 Å². The van der Waals surface area contributed by atoms with Crippen LogP contribution in [0, 0.1) is 17.3 Å². The number of hydrogen-bond acceptors (Lipinski definition) is 2. The van der Waals surface area contributed by atoms with Crippen LogP contribution in [0.5, 0.6) is 0 Å². The molecule has 1 aliphatic carbocycles. The smallest absolute Gasteiger partial charge is 0.00471 e. The van der Waals surface area contributed by atoms with Gasteiger partial charge in [0, 0.05) is 13.1 Å². The fraction of sp³-hybridized carbons (Fsp3) is 1.00. The molecule has 2 heteroatoms. The van der Waals surface area contributed by atoms with Crippen molar-refractivity contribution in [3.63, 3.8) is 0 Å². The van der Waals surface area contributed by atoms with Crippen molar-refractivity contribution >= 4 is 0 Å². The molecule has 0 bridgehead atoms. The Morgan fingerprint density at radius 3 is 2.45 bits per heavy atom. The molecule has 0 aliphatic heterocycles. The van der Waals surface area contributed by atoms with Crippen LogP contribution in [0.2, 0.25) is 0 Å². The molecule has 0 amide bonds. The normalized spacial score (nSPS) is 27.4. The van der Waals surface area contributed by atoms with Gasteiger partial charge in [0.2, 0.25) is 0 Å². The van der Waals surface area contributed by atoms with E-state index >= 15 is 0 Å². The molecule has 1 saturated carbocycles. The number of nitrogens with one attached hydrogen (secondary N) is 1. The topological polar surface area (TPSA) is 15.3 Å². The summed E-state index contributed by atoms with van der Waals surface area (Å²) in [6, 6.07) is 0. The Morgan fingerprint density at radius 1 is 1.25 bits per heavy atom. The molecule has 120 valence electrons. The van der Waals surface area contributed by atoms with E-state index in [2.05, 4.69) is 45.0 Å². The third-order valence-corrected chi connectivity index (χ3v) is 4.96. The summed E-state index contributed by atoms with van der Waals surface area (Å²) in [5.41, 5.74) is 0.535. The first-order chi connectivity index (χ1) is 9.47. The Morgan fingerprint density at radius 2 is 1.90 bits per heavy atom. The molecule has 0 radical (unpaired) electrons. The Hall–Kier alpha value is -0.0800. The van der Waals surface area contributed by atoms with Gasteiger partial charge in [-0.2, -0.15) is 0 Å². The minimum Gasteiger partial charge on any atom is -0.316 e. The van der Waals surface area contributed by atoms with Crippen LogP contribution in [-0.4, -0.2) is 38.1 Å². The van der Waals surface area contributed by atoms with Crippen LogP contribution >= 0.6 is 0 Å². The van der Waals surface area contributed by atoms with Crippen molar-refractivity contribution in [2.45, 2.75) is 66.2 Å². The molecule has 0 aromatic rings. The average Bonchev–Trinajstić information content (AvgIpc) is 2.40. The molecule has 0 aromatic carbocycles. The van der Waals surface area contributed by atoms with Gasteiger partial charge in [-0.25, -0.2) is 0 Å². The van der Waals surface area contributed by atoms with Crippen molar-refractivity contribution in [3.05, 3.63) is 0 Å². The van der Waals surface area contributed by atoms with Crippen molar-refractivity contribution in [2.24, 2.45) is 17.3 Å². The van der Waals surface area contributed by atoms with E-state index in [9.17, 15) is 0 Å². The summed E-state index contributed by atoms with van der Waals surface area (Å²) in [5, 5.41) is 3.70. The molecule has 20 heavy (non-hydrogen) atoms. The third-order valence-electron chi connectivity index (χ3n) is 4.96. The van der Waals surface area contributed by atoms with E-state index in [1.165, 1.54) is 64.7 Å². The second kappa shape index (κ2) is 9.04. The lowest BCUT2D eigenvalue weighted by atomic mass is 9.70. The van der Waals surface area contributed by atoms with Crippen molar-refractivity contribution in [1.29, 1.82) is 0 Å². The Bertz CT molecular complexity index is 242. The summed E-state index contributed by atoms with van der Waals surface area (Å²) >= 11 is 0. The van der Waals surface area contributed by atoms with Gasteiger partial charge in [0.1, 0.15) is 0 Å². The highest BCUT2D eigenvalue weighted by Gasteiger charge is 2.34. The summed E-state index contributed by atoms with van der Waals surface area (Å²) < 4.78 is 0. The van der Waals surface area contributed by atoms with Crippen LogP contribution in [-0.2, 0) is 0 Å². The lowest BCUT2D eigenvalue weighted by molar-refractivity contribution is 0.0969. The standard InChI is InChI=1S/C18H38N2/c1-6-12-19-14-18(10-7-17(4)8-11-18)15-20(5)13-9-16(2)3/h16-17,19H,6-15H2,1-5H3.